The summed E-state index contributed by atoms with van der Waals surface area (Å²) in [6.07, 6.45) is 5.13. The third kappa shape index (κ3) is 3.70. The second-order valence-electron chi connectivity index (χ2n) is 8.48. The van der Waals surface area contributed by atoms with E-state index in [0.717, 1.165) is 30.6 Å². The lowest BCUT2D eigenvalue weighted by Crippen LogP contribution is -2.50. The highest BCUT2D eigenvalue weighted by Crippen LogP contribution is 2.30. The predicted octanol–water partition coefficient (Wildman–Crippen LogP) is 2.98. The molecule has 8 heteroatoms. The summed E-state index contributed by atoms with van der Waals surface area (Å²) in [5, 5.41) is 0. The maximum absolute atomic E-state index is 13.5. The zero-order chi connectivity index (χ0) is 22.1. The van der Waals surface area contributed by atoms with E-state index in [4.69, 9.17) is 4.74 Å². The third-order valence-corrected chi connectivity index (χ3v) is 6.53. The number of aromatic amines is 1. The Bertz CT molecular complexity index is 1110. The summed E-state index contributed by atoms with van der Waals surface area (Å²) in [4.78, 5) is 42.7. The molecule has 0 spiro atoms. The summed E-state index contributed by atoms with van der Waals surface area (Å²) in [5.41, 5.74) is 2.12. The molecule has 1 aromatic carbocycles. The van der Waals surface area contributed by atoms with Crippen molar-refractivity contribution in [2.24, 2.45) is 0 Å². The van der Waals surface area contributed by atoms with Crippen LogP contribution in [0.15, 0.2) is 42.6 Å². The van der Waals surface area contributed by atoms with Crippen LogP contribution in [0.25, 0.3) is 11.2 Å². The van der Waals surface area contributed by atoms with Crippen LogP contribution in [0.5, 0.6) is 5.75 Å². The second kappa shape index (κ2) is 8.61. The van der Waals surface area contributed by atoms with Gasteiger partial charge in [-0.2, -0.15) is 0 Å². The number of pyridine rings is 1. The molecular formula is C24H27N5O3. The number of nitrogens with zero attached hydrogens (tertiary/aromatic N) is 4. The lowest BCUT2D eigenvalue weighted by atomic mass is 9.96. The summed E-state index contributed by atoms with van der Waals surface area (Å²) in [6.45, 7) is 1.90. The van der Waals surface area contributed by atoms with Gasteiger partial charge in [0.15, 0.2) is 5.65 Å². The number of fused-ring (bicyclic) bond motifs is 1. The van der Waals surface area contributed by atoms with E-state index in [1.54, 1.807) is 30.3 Å². The van der Waals surface area contributed by atoms with Crippen molar-refractivity contribution in [3.05, 3.63) is 54.0 Å². The van der Waals surface area contributed by atoms with Crippen molar-refractivity contribution in [1.29, 1.82) is 0 Å². The van der Waals surface area contributed by atoms with Gasteiger partial charge in [-0.1, -0.05) is 12.1 Å². The fourth-order valence-corrected chi connectivity index (χ4v) is 4.91. The molecule has 2 saturated heterocycles. The molecule has 2 amide bonds. The fourth-order valence-electron chi connectivity index (χ4n) is 4.91. The Morgan fingerprint density at radius 1 is 1.09 bits per heavy atom. The number of hydrogen-bond donors (Lipinski definition) is 1. The Balaban J connectivity index is 1.33. The summed E-state index contributed by atoms with van der Waals surface area (Å²) < 4.78 is 5.37. The van der Waals surface area contributed by atoms with Gasteiger partial charge in [-0.25, -0.2) is 9.97 Å². The number of amides is 2. The highest BCUT2D eigenvalue weighted by Gasteiger charge is 2.39. The van der Waals surface area contributed by atoms with Gasteiger partial charge in [-0.05, 0) is 49.9 Å². The van der Waals surface area contributed by atoms with Gasteiger partial charge < -0.3 is 19.5 Å². The second-order valence-corrected chi connectivity index (χ2v) is 8.48. The van der Waals surface area contributed by atoms with E-state index in [1.165, 1.54) is 0 Å². The van der Waals surface area contributed by atoms with Crippen molar-refractivity contribution >= 4 is 23.0 Å². The summed E-state index contributed by atoms with van der Waals surface area (Å²) in [5.74, 6) is 1.44. The van der Waals surface area contributed by atoms with Crippen molar-refractivity contribution in [3.8, 4) is 5.75 Å². The van der Waals surface area contributed by atoms with Gasteiger partial charge in [-0.3, -0.25) is 9.59 Å². The molecule has 8 nitrogen and oxygen atoms in total. The molecule has 2 aromatic heterocycles. The molecule has 2 atom stereocenters. The van der Waals surface area contributed by atoms with Crippen LogP contribution in [0.2, 0.25) is 0 Å². The van der Waals surface area contributed by atoms with E-state index >= 15 is 0 Å². The molecule has 32 heavy (non-hydrogen) atoms. The maximum atomic E-state index is 13.5. The number of ether oxygens (including phenoxy) is 1. The number of para-hydroxylation sites is 1. The Hall–Kier alpha value is -3.42. The van der Waals surface area contributed by atoms with Crippen LogP contribution in [0.3, 0.4) is 0 Å². The monoisotopic (exact) mass is 433 g/mol. The molecule has 4 heterocycles. The first-order valence-corrected chi connectivity index (χ1v) is 11.2. The molecule has 0 radical (unpaired) electrons. The summed E-state index contributed by atoms with van der Waals surface area (Å²) in [7, 11) is 1.56. The zero-order valence-electron chi connectivity index (χ0n) is 18.2. The number of nitrogens with one attached hydrogen (secondary N) is 1. The average Bonchev–Trinajstić information content (AvgIpc) is 3.50. The number of benzene rings is 1. The van der Waals surface area contributed by atoms with Crippen LogP contribution in [0.4, 0.5) is 0 Å². The van der Waals surface area contributed by atoms with Gasteiger partial charge in [0.25, 0.3) is 5.91 Å². The van der Waals surface area contributed by atoms with Gasteiger partial charge >= 0.3 is 0 Å². The minimum absolute atomic E-state index is 0.0321. The van der Waals surface area contributed by atoms with E-state index in [9.17, 15) is 9.59 Å². The van der Waals surface area contributed by atoms with Crippen molar-refractivity contribution < 1.29 is 14.3 Å². The Labute approximate surface area is 186 Å². The molecule has 166 valence electrons. The Morgan fingerprint density at radius 3 is 2.78 bits per heavy atom. The van der Waals surface area contributed by atoms with E-state index in [0.29, 0.717) is 43.0 Å². The molecule has 0 aliphatic carbocycles. The molecule has 2 aliphatic rings. The van der Waals surface area contributed by atoms with Crippen LogP contribution >= 0.6 is 0 Å². The fraction of sp³-hybridized carbons (Fsp3) is 0.417. The highest BCUT2D eigenvalue weighted by molar-refractivity contribution is 6.00. The quantitative estimate of drug-likeness (QED) is 0.683. The number of H-pyrrole nitrogens is 1. The van der Waals surface area contributed by atoms with Gasteiger partial charge in [-0.15, -0.1) is 0 Å². The minimum atomic E-state index is -0.427. The van der Waals surface area contributed by atoms with E-state index in [1.807, 2.05) is 29.2 Å². The lowest BCUT2D eigenvalue weighted by Gasteiger charge is -2.35. The van der Waals surface area contributed by atoms with Crippen LogP contribution in [-0.4, -0.2) is 69.4 Å². The van der Waals surface area contributed by atoms with Crippen molar-refractivity contribution in [3.63, 3.8) is 0 Å². The number of carbonyl (C=O) groups excluding carboxylic acids is 2. The van der Waals surface area contributed by atoms with Crippen LogP contribution in [-0.2, 0) is 4.79 Å². The first-order valence-electron chi connectivity index (χ1n) is 11.2. The predicted molar refractivity (Wildman–Crippen MR) is 119 cm³/mol. The number of methoxy groups -OCH3 is 1. The molecule has 0 bridgehead atoms. The van der Waals surface area contributed by atoms with E-state index < -0.39 is 6.04 Å². The molecule has 5 rings (SSSR count). The largest absolute Gasteiger partial charge is 0.496 e. The molecule has 2 fully saturated rings. The Kier molecular flexibility index (Phi) is 5.51. The van der Waals surface area contributed by atoms with Crippen LogP contribution < -0.4 is 4.74 Å². The van der Waals surface area contributed by atoms with Gasteiger partial charge in [0.05, 0.1) is 18.2 Å². The lowest BCUT2D eigenvalue weighted by molar-refractivity contribution is -0.136. The number of carbonyl (C=O) groups is 2. The van der Waals surface area contributed by atoms with Crippen LogP contribution in [0, 0.1) is 0 Å². The normalized spacial score (nSPS) is 21.2. The smallest absolute Gasteiger partial charge is 0.258 e. The third-order valence-electron chi connectivity index (χ3n) is 6.53. The van der Waals surface area contributed by atoms with Gasteiger partial charge in [0.1, 0.15) is 17.6 Å². The molecular weight excluding hydrogens is 406 g/mol. The maximum Gasteiger partial charge on any atom is 0.258 e. The van der Waals surface area contributed by atoms with Gasteiger partial charge in [0.2, 0.25) is 5.91 Å². The minimum Gasteiger partial charge on any atom is -0.496 e. The van der Waals surface area contributed by atoms with Crippen LogP contribution in [0.1, 0.15) is 47.8 Å². The molecule has 1 N–H and O–H groups in total. The Morgan fingerprint density at radius 2 is 1.94 bits per heavy atom. The molecule has 0 saturated carbocycles. The first kappa shape index (κ1) is 20.5. The molecule has 3 aromatic rings. The van der Waals surface area contributed by atoms with Crippen molar-refractivity contribution in [2.75, 3.05) is 26.7 Å². The number of aromatic nitrogens is 3. The first-order chi connectivity index (χ1) is 15.7. The number of likely N-dealkylation sites (tertiary alicyclic amines) is 2. The molecule has 2 unspecified atom stereocenters. The van der Waals surface area contributed by atoms with Gasteiger partial charge in [0, 0.05) is 31.7 Å². The number of piperidine rings is 1. The average molecular weight is 434 g/mol. The number of hydrogen-bond acceptors (Lipinski definition) is 5. The number of imidazole rings is 1. The van der Waals surface area contributed by atoms with E-state index in [-0.39, 0.29) is 17.7 Å². The SMILES string of the molecule is COc1ccccc1C(=O)N1CCCC1C(=O)N1CCCC(c2nc3ncccc3[nH]2)C1. The van der Waals surface area contributed by atoms with Crippen molar-refractivity contribution in [1.82, 2.24) is 24.8 Å². The molecule has 2 aliphatic heterocycles. The standard InChI is InChI=1S/C24H27N5O3/c1-32-20-11-3-2-8-17(20)23(30)29-14-6-10-19(29)24(31)28-13-5-7-16(15-28)21-26-18-9-4-12-25-22(18)27-21/h2-4,8-9,11-12,16,19H,5-7,10,13-15H2,1H3,(H,25,26,27). The summed E-state index contributed by atoms with van der Waals surface area (Å²) in [6, 6.07) is 10.6. The number of rotatable bonds is 4. The highest BCUT2D eigenvalue weighted by atomic mass is 16.5. The summed E-state index contributed by atoms with van der Waals surface area (Å²) >= 11 is 0. The van der Waals surface area contributed by atoms with Crippen molar-refractivity contribution in [2.45, 2.75) is 37.6 Å². The topological polar surface area (TPSA) is 91.4 Å². The zero-order valence-corrected chi connectivity index (χ0v) is 18.2. The van der Waals surface area contributed by atoms with E-state index in [2.05, 4.69) is 15.0 Å².